The maximum absolute atomic E-state index is 4.95. The minimum Gasteiger partial charge on any atom is -0.256 e. The van der Waals surface area contributed by atoms with Gasteiger partial charge in [-0.2, -0.15) is 0 Å². The molecule has 0 amide bonds. The fraction of sp³-hybridized carbons (Fsp3) is 0. The lowest BCUT2D eigenvalue weighted by Gasteiger charge is -2.14. The van der Waals surface area contributed by atoms with Gasteiger partial charge in [-0.3, -0.25) is 15.0 Å². The molecule has 3 nitrogen and oxygen atoms in total. The van der Waals surface area contributed by atoms with Gasteiger partial charge < -0.3 is 0 Å². The Labute approximate surface area is 421 Å². The van der Waals surface area contributed by atoms with Crippen molar-refractivity contribution in [2.45, 2.75) is 0 Å². The van der Waals surface area contributed by atoms with E-state index in [0.29, 0.717) is 0 Å². The predicted octanol–water partition coefficient (Wildman–Crippen LogP) is 18.2. The Morgan fingerprint density at radius 2 is 0.528 bits per heavy atom. The van der Waals surface area contributed by atoms with Gasteiger partial charge in [-0.05, 0) is 144 Å². The van der Waals surface area contributed by atoms with E-state index in [9.17, 15) is 0 Å². The highest BCUT2D eigenvalue weighted by molar-refractivity contribution is 5.89. The first-order chi connectivity index (χ1) is 35.7. The maximum Gasteiger partial charge on any atom is 0.0708 e. The summed E-state index contributed by atoms with van der Waals surface area (Å²) in [6.07, 6.45) is 5.74. The fourth-order valence-electron chi connectivity index (χ4n) is 9.78. The van der Waals surface area contributed by atoms with Crippen LogP contribution in [0.5, 0.6) is 0 Å². The van der Waals surface area contributed by atoms with Crippen LogP contribution in [-0.2, 0) is 0 Å². The lowest BCUT2D eigenvalue weighted by Crippen LogP contribution is -1.90. The van der Waals surface area contributed by atoms with E-state index >= 15 is 0 Å². The van der Waals surface area contributed by atoms with Crippen molar-refractivity contribution >= 4 is 0 Å². The molecule has 0 aliphatic carbocycles. The second-order valence-electron chi connectivity index (χ2n) is 18.0. The Kier molecular flexibility index (Phi) is 12.0. The van der Waals surface area contributed by atoms with Gasteiger partial charge in [-0.1, -0.05) is 206 Å². The van der Waals surface area contributed by atoms with Gasteiger partial charge in [0.15, 0.2) is 0 Å². The molecule has 0 aliphatic heterocycles. The third-order valence-corrected chi connectivity index (χ3v) is 13.5. The quantitative estimate of drug-likeness (QED) is 0.130. The average molecular weight is 918 g/mol. The molecule has 3 heteroatoms. The summed E-state index contributed by atoms with van der Waals surface area (Å²) in [6.45, 7) is 0. The van der Waals surface area contributed by atoms with Crippen molar-refractivity contribution < 1.29 is 0 Å². The standard InChI is InChI=1S/C69H47N3/c1-2-15-49(16-3-1)68-37-36-62(47-72-68)56-22-11-19-53(42-56)55-21-13-24-58(44-55)64-28-6-7-30-66(64)60-38-40-71-69(46-60)61-26-14-25-59(45-61)65-29-5-4-27-63(65)57-23-12-20-54(43-57)52-18-10-17-51(41-52)48-32-34-50(35-33-48)67-31-8-9-39-70-67/h1-47H. The molecule has 9 aromatic carbocycles. The molecule has 3 aromatic heterocycles. The van der Waals surface area contributed by atoms with Gasteiger partial charge in [-0.25, -0.2) is 0 Å². The van der Waals surface area contributed by atoms with E-state index in [1.807, 2.05) is 55.0 Å². The molecule has 0 spiro atoms. The Balaban J connectivity index is 0.807. The molecule has 0 saturated carbocycles. The van der Waals surface area contributed by atoms with Gasteiger partial charge in [-0.15, -0.1) is 0 Å². The molecule has 0 aliphatic rings. The summed E-state index contributed by atoms with van der Waals surface area (Å²) in [7, 11) is 0. The van der Waals surface area contributed by atoms with Crippen LogP contribution in [0.4, 0.5) is 0 Å². The van der Waals surface area contributed by atoms with Crippen molar-refractivity contribution in [2.24, 2.45) is 0 Å². The van der Waals surface area contributed by atoms with Crippen LogP contribution in [0.1, 0.15) is 0 Å². The summed E-state index contributed by atoms with van der Waals surface area (Å²) in [6, 6.07) is 95.0. The third kappa shape index (κ3) is 9.19. The molecule has 0 saturated heterocycles. The molecule has 0 fully saturated rings. The lowest BCUT2D eigenvalue weighted by atomic mass is 9.90. The van der Waals surface area contributed by atoms with Gasteiger partial charge in [0.25, 0.3) is 0 Å². The molecule has 0 atom stereocenters. The number of rotatable bonds is 11. The zero-order valence-corrected chi connectivity index (χ0v) is 39.5. The largest absolute Gasteiger partial charge is 0.256 e. The number of hydrogen-bond donors (Lipinski definition) is 0. The fourth-order valence-corrected chi connectivity index (χ4v) is 9.78. The molecule has 12 aromatic rings. The molecule has 0 bridgehead atoms. The molecule has 12 rings (SSSR count). The first-order valence-electron chi connectivity index (χ1n) is 24.4. The van der Waals surface area contributed by atoms with Crippen molar-refractivity contribution in [2.75, 3.05) is 0 Å². The zero-order valence-electron chi connectivity index (χ0n) is 39.5. The Morgan fingerprint density at radius 1 is 0.167 bits per heavy atom. The number of pyridine rings is 3. The highest BCUT2D eigenvalue weighted by Crippen LogP contribution is 2.39. The van der Waals surface area contributed by atoms with Crippen LogP contribution in [0, 0.1) is 0 Å². The number of benzene rings is 9. The molecule has 338 valence electrons. The minimum absolute atomic E-state index is 0.923. The topological polar surface area (TPSA) is 38.7 Å². The van der Waals surface area contributed by atoms with E-state index in [4.69, 9.17) is 9.97 Å². The minimum atomic E-state index is 0.923. The van der Waals surface area contributed by atoms with Crippen molar-refractivity contribution in [1.29, 1.82) is 0 Å². The highest BCUT2D eigenvalue weighted by atomic mass is 14.7. The number of hydrogen-bond acceptors (Lipinski definition) is 3. The molecular weight excluding hydrogens is 871 g/mol. The maximum atomic E-state index is 4.95. The molecule has 72 heavy (non-hydrogen) atoms. The summed E-state index contributed by atoms with van der Waals surface area (Å²) < 4.78 is 0. The van der Waals surface area contributed by atoms with Crippen molar-refractivity contribution in [3.63, 3.8) is 0 Å². The van der Waals surface area contributed by atoms with Crippen LogP contribution in [0.2, 0.25) is 0 Å². The normalized spacial score (nSPS) is 11.1. The SMILES string of the molecule is c1ccc(-c2ccc(-c3cccc(-c4cccc(-c5ccccc5-c5ccnc(-c6cccc(-c7ccccc7-c7cccc(-c8cccc(-c9ccc(-c%10ccccn%10)cc9)c8)c7)c6)c5)c4)c3)cn2)cc1. The average Bonchev–Trinajstić information content (AvgIpc) is 3.48. The summed E-state index contributed by atoms with van der Waals surface area (Å²) in [4.78, 5) is 14.3. The van der Waals surface area contributed by atoms with Gasteiger partial charge in [0.1, 0.15) is 0 Å². The van der Waals surface area contributed by atoms with Crippen LogP contribution >= 0.6 is 0 Å². The van der Waals surface area contributed by atoms with Crippen molar-refractivity contribution in [3.8, 4) is 123 Å². The van der Waals surface area contributed by atoms with E-state index < -0.39 is 0 Å². The van der Waals surface area contributed by atoms with Gasteiger partial charge in [0.2, 0.25) is 0 Å². The predicted molar refractivity (Wildman–Crippen MR) is 300 cm³/mol. The second-order valence-corrected chi connectivity index (χ2v) is 18.0. The van der Waals surface area contributed by atoms with E-state index in [2.05, 4.69) is 236 Å². The van der Waals surface area contributed by atoms with E-state index in [1.54, 1.807) is 0 Å². The lowest BCUT2D eigenvalue weighted by molar-refractivity contribution is 1.32. The van der Waals surface area contributed by atoms with Crippen LogP contribution < -0.4 is 0 Å². The van der Waals surface area contributed by atoms with Gasteiger partial charge >= 0.3 is 0 Å². The monoisotopic (exact) mass is 917 g/mol. The van der Waals surface area contributed by atoms with Crippen molar-refractivity contribution in [3.05, 3.63) is 286 Å². The number of aromatic nitrogens is 3. The zero-order chi connectivity index (χ0) is 48.1. The Bertz CT molecular complexity index is 3590. The van der Waals surface area contributed by atoms with Crippen LogP contribution in [0.3, 0.4) is 0 Å². The second kappa shape index (κ2) is 19.8. The molecule has 0 radical (unpaired) electrons. The summed E-state index contributed by atoms with van der Waals surface area (Å²) in [5.41, 5.74) is 24.6. The number of nitrogens with zero attached hydrogens (tertiary/aromatic N) is 3. The van der Waals surface area contributed by atoms with Crippen molar-refractivity contribution in [1.82, 2.24) is 15.0 Å². The van der Waals surface area contributed by atoms with Gasteiger partial charge in [0, 0.05) is 40.8 Å². The smallest absolute Gasteiger partial charge is 0.0708 e. The van der Waals surface area contributed by atoms with E-state index in [0.717, 1.165) is 78.3 Å². The van der Waals surface area contributed by atoms with Crippen LogP contribution in [0.25, 0.3) is 123 Å². The van der Waals surface area contributed by atoms with E-state index in [-0.39, 0.29) is 0 Å². The van der Waals surface area contributed by atoms with Crippen LogP contribution in [-0.4, -0.2) is 15.0 Å². The third-order valence-electron chi connectivity index (χ3n) is 13.5. The summed E-state index contributed by atoms with van der Waals surface area (Å²) >= 11 is 0. The molecule has 0 N–H and O–H groups in total. The molecule has 0 unspecified atom stereocenters. The highest BCUT2D eigenvalue weighted by Gasteiger charge is 2.14. The van der Waals surface area contributed by atoms with Gasteiger partial charge in [0.05, 0.1) is 17.1 Å². The summed E-state index contributed by atoms with van der Waals surface area (Å²) in [5, 5.41) is 0. The first-order valence-corrected chi connectivity index (χ1v) is 24.4. The summed E-state index contributed by atoms with van der Waals surface area (Å²) in [5.74, 6) is 0. The Morgan fingerprint density at radius 3 is 1.04 bits per heavy atom. The van der Waals surface area contributed by atoms with E-state index in [1.165, 1.54) is 44.5 Å². The first kappa shape index (κ1) is 43.7. The molecular formula is C69H47N3. The Hall–Kier alpha value is -9.57. The molecule has 3 heterocycles. The van der Waals surface area contributed by atoms with Crippen LogP contribution in [0.15, 0.2) is 286 Å².